The number of carboxylic acids is 1. The molecule has 0 saturated heterocycles. The van der Waals surface area contributed by atoms with Gasteiger partial charge in [-0.2, -0.15) is 0 Å². The van der Waals surface area contributed by atoms with Gasteiger partial charge in [0.1, 0.15) is 0 Å². The molecule has 1 unspecified atom stereocenters. The van der Waals surface area contributed by atoms with Gasteiger partial charge in [0.15, 0.2) is 0 Å². The number of carbonyl (C=O) groups is 1. The highest BCUT2D eigenvalue weighted by atomic mass is 16.4. The average molecular weight is 234 g/mol. The van der Waals surface area contributed by atoms with Gasteiger partial charge in [-0.1, -0.05) is 26.0 Å². The van der Waals surface area contributed by atoms with Gasteiger partial charge in [-0.15, -0.1) is 0 Å². The molecule has 2 bridgehead atoms. The molecule has 1 N–H and O–H groups in total. The van der Waals surface area contributed by atoms with Crippen LogP contribution in [-0.4, -0.2) is 11.1 Å². The predicted octanol–water partition coefficient (Wildman–Crippen LogP) is 3.48. The molecule has 17 heavy (non-hydrogen) atoms. The molecule has 0 aromatic rings. The van der Waals surface area contributed by atoms with Crippen molar-refractivity contribution in [3.63, 3.8) is 0 Å². The van der Waals surface area contributed by atoms with Gasteiger partial charge < -0.3 is 5.11 Å². The summed E-state index contributed by atoms with van der Waals surface area (Å²) in [4.78, 5) is 11.5. The Morgan fingerprint density at radius 2 is 2.06 bits per heavy atom. The minimum Gasteiger partial charge on any atom is -0.481 e. The Bertz CT molecular complexity index is 396. The number of carboxylic acid groups (broad SMARTS) is 1. The third-order valence-electron chi connectivity index (χ3n) is 6.28. The van der Waals surface area contributed by atoms with E-state index in [9.17, 15) is 9.90 Å². The Balaban J connectivity index is 2.05. The molecule has 1 spiro atoms. The summed E-state index contributed by atoms with van der Waals surface area (Å²) in [5, 5.41) is 9.45. The highest BCUT2D eigenvalue weighted by Gasteiger charge is 2.63. The van der Waals surface area contributed by atoms with Gasteiger partial charge >= 0.3 is 5.97 Å². The smallest absolute Gasteiger partial charge is 0.307 e. The zero-order chi connectivity index (χ0) is 12.4. The minimum absolute atomic E-state index is 0.0725. The van der Waals surface area contributed by atoms with Crippen molar-refractivity contribution in [1.29, 1.82) is 0 Å². The van der Waals surface area contributed by atoms with Gasteiger partial charge in [0, 0.05) is 0 Å². The van der Waals surface area contributed by atoms with E-state index < -0.39 is 5.97 Å². The number of fused-ring (bicyclic) bond motifs is 1. The fourth-order valence-electron chi connectivity index (χ4n) is 5.11. The molecular formula is C15H22O2. The number of hydrogen-bond donors (Lipinski definition) is 1. The van der Waals surface area contributed by atoms with Gasteiger partial charge in [0.2, 0.25) is 0 Å². The zero-order valence-electron chi connectivity index (χ0n) is 10.8. The van der Waals surface area contributed by atoms with Crippen molar-refractivity contribution in [1.82, 2.24) is 0 Å². The first-order valence-electron chi connectivity index (χ1n) is 6.81. The second-order valence-corrected chi connectivity index (χ2v) is 6.94. The molecule has 3 saturated carbocycles. The van der Waals surface area contributed by atoms with E-state index >= 15 is 0 Å². The maximum Gasteiger partial charge on any atom is 0.307 e. The van der Waals surface area contributed by atoms with Crippen LogP contribution in [0.5, 0.6) is 0 Å². The molecule has 0 aliphatic heterocycles. The molecule has 0 aromatic carbocycles. The summed E-state index contributed by atoms with van der Waals surface area (Å²) in [6.45, 7) is 8.96. The number of aliphatic carboxylic acids is 1. The minimum atomic E-state index is -0.569. The van der Waals surface area contributed by atoms with E-state index in [4.69, 9.17) is 0 Å². The van der Waals surface area contributed by atoms with Crippen LogP contribution in [0, 0.1) is 28.6 Å². The Kier molecular flexibility index (Phi) is 2.10. The van der Waals surface area contributed by atoms with Crippen LogP contribution in [0.1, 0.15) is 46.0 Å². The first kappa shape index (κ1) is 11.3. The fraction of sp³-hybridized carbons (Fsp3) is 0.800. The van der Waals surface area contributed by atoms with E-state index in [2.05, 4.69) is 20.4 Å². The molecule has 4 atom stereocenters. The maximum atomic E-state index is 11.5. The summed E-state index contributed by atoms with van der Waals surface area (Å²) in [5.74, 6) is 0.453. The average Bonchev–Trinajstić information content (AvgIpc) is 2.81. The lowest BCUT2D eigenvalue weighted by atomic mass is 9.56. The van der Waals surface area contributed by atoms with E-state index in [1.54, 1.807) is 0 Å². The quantitative estimate of drug-likeness (QED) is 0.705. The van der Waals surface area contributed by atoms with Crippen LogP contribution in [-0.2, 0) is 4.79 Å². The lowest BCUT2D eigenvalue weighted by molar-refractivity contribution is -0.146. The standard InChI is InChI=1S/C15H22O2/c1-9-11-4-5-12(13(16)17)15(11)7-6-10(8-15)14(9,2)3/h10-12H,1,4-8H2,2-3H3,(H,16,17)/t10-,11?,12-,15-/m1/s1. The van der Waals surface area contributed by atoms with E-state index in [1.807, 2.05) is 0 Å². The molecule has 2 heteroatoms. The molecule has 0 heterocycles. The zero-order valence-corrected chi connectivity index (χ0v) is 10.8. The van der Waals surface area contributed by atoms with E-state index in [0.717, 1.165) is 25.7 Å². The van der Waals surface area contributed by atoms with Gasteiger partial charge in [-0.3, -0.25) is 4.79 Å². The molecule has 0 aromatic heterocycles. The van der Waals surface area contributed by atoms with Crippen LogP contribution in [0.3, 0.4) is 0 Å². The Hall–Kier alpha value is -0.790. The predicted molar refractivity (Wildman–Crippen MR) is 66.5 cm³/mol. The van der Waals surface area contributed by atoms with Gasteiger partial charge in [0.05, 0.1) is 5.92 Å². The highest BCUT2D eigenvalue weighted by Crippen LogP contribution is 2.70. The van der Waals surface area contributed by atoms with Gasteiger partial charge in [-0.25, -0.2) is 0 Å². The number of rotatable bonds is 1. The van der Waals surface area contributed by atoms with Crippen LogP contribution < -0.4 is 0 Å². The van der Waals surface area contributed by atoms with Crippen molar-refractivity contribution >= 4 is 5.97 Å². The SMILES string of the molecule is C=C1C2CC[C@H](C(=O)O)[C@@]23CC[C@H](C3)C1(C)C. The van der Waals surface area contributed by atoms with Gasteiger partial charge in [-0.05, 0) is 54.8 Å². The van der Waals surface area contributed by atoms with Gasteiger partial charge in [0.25, 0.3) is 0 Å². The normalized spacial score (nSPS) is 46.9. The monoisotopic (exact) mass is 234 g/mol. The largest absolute Gasteiger partial charge is 0.481 e. The second kappa shape index (κ2) is 3.15. The van der Waals surface area contributed by atoms with Crippen LogP contribution in [0.4, 0.5) is 0 Å². The van der Waals surface area contributed by atoms with Crippen LogP contribution >= 0.6 is 0 Å². The summed E-state index contributed by atoms with van der Waals surface area (Å²) in [5.41, 5.74) is 1.64. The summed E-state index contributed by atoms with van der Waals surface area (Å²) >= 11 is 0. The van der Waals surface area contributed by atoms with Crippen LogP contribution in [0.15, 0.2) is 12.2 Å². The van der Waals surface area contributed by atoms with Crippen molar-refractivity contribution in [2.75, 3.05) is 0 Å². The third kappa shape index (κ3) is 1.19. The lowest BCUT2D eigenvalue weighted by Crippen LogP contribution is -2.42. The molecule has 0 amide bonds. The Morgan fingerprint density at radius 3 is 2.71 bits per heavy atom. The first-order chi connectivity index (χ1) is 7.89. The Morgan fingerprint density at radius 1 is 1.35 bits per heavy atom. The second-order valence-electron chi connectivity index (χ2n) is 6.94. The molecular weight excluding hydrogens is 212 g/mol. The fourth-order valence-corrected chi connectivity index (χ4v) is 5.11. The van der Waals surface area contributed by atoms with Crippen molar-refractivity contribution in [3.8, 4) is 0 Å². The topological polar surface area (TPSA) is 37.3 Å². The molecule has 3 fully saturated rings. The first-order valence-corrected chi connectivity index (χ1v) is 6.81. The van der Waals surface area contributed by atoms with Crippen molar-refractivity contribution in [2.24, 2.45) is 28.6 Å². The van der Waals surface area contributed by atoms with E-state index in [1.165, 1.54) is 12.0 Å². The highest BCUT2D eigenvalue weighted by molar-refractivity contribution is 5.72. The molecule has 0 radical (unpaired) electrons. The molecule has 2 nitrogen and oxygen atoms in total. The van der Waals surface area contributed by atoms with E-state index in [-0.39, 0.29) is 16.7 Å². The van der Waals surface area contributed by atoms with E-state index in [0.29, 0.717) is 11.8 Å². The number of allylic oxidation sites excluding steroid dienone is 1. The molecule has 3 aliphatic rings. The summed E-state index contributed by atoms with van der Waals surface area (Å²) in [7, 11) is 0. The number of hydrogen-bond acceptors (Lipinski definition) is 1. The Labute approximate surface area is 103 Å². The van der Waals surface area contributed by atoms with Crippen LogP contribution in [0.2, 0.25) is 0 Å². The van der Waals surface area contributed by atoms with Crippen LogP contribution in [0.25, 0.3) is 0 Å². The van der Waals surface area contributed by atoms with Crippen molar-refractivity contribution in [3.05, 3.63) is 12.2 Å². The summed E-state index contributed by atoms with van der Waals surface area (Å²) in [6.07, 6.45) is 5.35. The molecule has 3 rings (SSSR count). The van der Waals surface area contributed by atoms with Crippen molar-refractivity contribution < 1.29 is 9.90 Å². The molecule has 3 aliphatic carbocycles. The third-order valence-corrected chi connectivity index (χ3v) is 6.28. The summed E-state index contributed by atoms with van der Waals surface area (Å²) in [6, 6.07) is 0. The molecule has 94 valence electrons. The lowest BCUT2D eigenvalue weighted by Gasteiger charge is -2.48. The van der Waals surface area contributed by atoms with Crippen molar-refractivity contribution in [2.45, 2.75) is 46.0 Å². The maximum absolute atomic E-state index is 11.5. The summed E-state index contributed by atoms with van der Waals surface area (Å²) < 4.78 is 0.